The average molecular weight is 388 g/mol. The van der Waals surface area contributed by atoms with Gasteiger partial charge in [-0.05, 0) is 26.0 Å². The van der Waals surface area contributed by atoms with E-state index in [0.29, 0.717) is 17.5 Å². The fraction of sp³-hybridized carbons (Fsp3) is 0.200. The number of hydrogen-bond donors (Lipinski definition) is 2. The van der Waals surface area contributed by atoms with Crippen LogP contribution in [0.4, 0.5) is 30.6 Å². The number of anilines is 3. The van der Waals surface area contributed by atoms with Crippen LogP contribution in [0.5, 0.6) is 5.75 Å². The Hall–Kier alpha value is -3.29. The van der Waals surface area contributed by atoms with Gasteiger partial charge in [-0.25, -0.2) is 4.98 Å². The zero-order chi connectivity index (χ0) is 20.1. The Balaban J connectivity index is 1.98. The minimum absolute atomic E-state index is 0.0831. The number of aromatic nitrogens is 2. The first-order valence-corrected chi connectivity index (χ1v) is 8.63. The highest BCUT2D eigenvalue weighted by Crippen LogP contribution is 2.32. The van der Waals surface area contributed by atoms with Crippen molar-refractivity contribution in [2.75, 3.05) is 10.6 Å². The largest absolute Gasteiger partial charge is 0.573 e. The SMILES string of the molecule is CC(C)Nc1nc(Nc2ccccc2OC(F)(F)F)cc(-c2ccccc2)n1. The highest BCUT2D eigenvalue weighted by molar-refractivity contribution is 5.70. The van der Waals surface area contributed by atoms with Gasteiger partial charge in [0.2, 0.25) is 5.95 Å². The van der Waals surface area contributed by atoms with E-state index in [9.17, 15) is 13.2 Å². The Morgan fingerprint density at radius 2 is 1.61 bits per heavy atom. The van der Waals surface area contributed by atoms with Crippen LogP contribution in [0.15, 0.2) is 60.7 Å². The van der Waals surface area contributed by atoms with Gasteiger partial charge < -0.3 is 15.4 Å². The second-order valence-corrected chi connectivity index (χ2v) is 6.30. The first-order valence-electron chi connectivity index (χ1n) is 8.63. The third-order valence-corrected chi connectivity index (χ3v) is 3.59. The number of para-hydroxylation sites is 2. The Morgan fingerprint density at radius 3 is 2.29 bits per heavy atom. The Morgan fingerprint density at radius 1 is 0.929 bits per heavy atom. The molecule has 0 unspecified atom stereocenters. The Bertz CT molecular complexity index is 930. The van der Waals surface area contributed by atoms with E-state index >= 15 is 0 Å². The van der Waals surface area contributed by atoms with Crippen molar-refractivity contribution in [3.63, 3.8) is 0 Å². The highest BCUT2D eigenvalue weighted by Gasteiger charge is 2.32. The molecule has 3 aromatic rings. The van der Waals surface area contributed by atoms with Crippen LogP contribution >= 0.6 is 0 Å². The highest BCUT2D eigenvalue weighted by atomic mass is 19.4. The standard InChI is InChI=1S/C20H19F3N4O/c1-13(2)24-19-26-16(14-8-4-3-5-9-14)12-18(27-19)25-15-10-6-7-11-17(15)28-20(21,22)23/h3-13H,1-2H3,(H2,24,25,26,27). The van der Waals surface area contributed by atoms with Crippen molar-refractivity contribution in [3.05, 3.63) is 60.7 Å². The molecule has 28 heavy (non-hydrogen) atoms. The van der Waals surface area contributed by atoms with E-state index in [0.717, 1.165) is 5.56 Å². The normalized spacial score (nSPS) is 11.4. The molecule has 3 rings (SSSR count). The van der Waals surface area contributed by atoms with Gasteiger partial charge in [0.1, 0.15) is 5.82 Å². The third kappa shape index (κ3) is 5.35. The first-order chi connectivity index (χ1) is 13.3. The summed E-state index contributed by atoms with van der Waals surface area (Å²) in [6.07, 6.45) is -4.79. The van der Waals surface area contributed by atoms with Crippen LogP contribution in [0.25, 0.3) is 11.3 Å². The summed E-state index contributed by atoms with van der Waals surface area (Å²) in [5.74, 6) is 0.372. The van der Waals surface area contributed by atoms with Crippen molar-refractivity contribution in [2.24, 2.45) is 0 Å². The smallest absolute Gasteiger partial charge is 0.404 e. The zero-order valence-corrected chi connectivity index (χ0v) is 15.3. The fourth-order valence-electron chi connectivity index (χ4n) is 2.51. The van der Waals surface area contributed by atoms with Gasteiger partial charge >= 0.3 is 6.36 Å². The maximum atomic E-state index is 12.7. The van der Waals surface area contributed by atoms with Crippen LogP contribution in [-0.2, 0) is 0 Å². The van der Waals surface area contributed by atoms with E-state index < -0.39 is 6.36 Å². The molecule has 2 aromatic carbocycles. The van der Waals surface area contributed by atoms with Gasteiger partial charge in [-0.3, -0.25) is 0 Å². The van der Waals surface area contributed by atoms with Crippen molar-refractivity contribution in [1.82, 2.24) is 9.97 Å². The molecule has 2 N–H and O–H groups in total. The molecule has 5 nitrogen and oxygen atoms in total. The molecule has 1 heterocycles. The Labute approximate surface area is 160 Å². The van der Waals surface area contributed by atoms with Crippen molar-refractivity contribution < 1.29 is 17.9 Å². The predicted octanol–water partition coefficient (Wildman–Crippen LogP) is 5.61. The van der Waals surface area contributed by atoms with E-state index in [4.69, 9.17) is 0 Å². The van der Waals surface area contributed by atoms with E-state index in [2.05, 4.69) is 25.3 Å². The number of ether oxygens (including phenoxy) is 1. The van der Waals surface area contributed by atoms with Gasteiger partial charge in [-0.15, -0.1) is 13.2 Å². The van der Waals surface area contributed by atoms with Crippen molar-refractivity contribution in [3.8, 4) is 17.0 Å². The lowest BCUT2D eigenvalue weighted by atomic mass is 10.1. The summed E-state index contributed by atoms with van der Waals surface area (Å²) >= 11 is 0. The van der Waals surface area contributed by atoms with Crippen molar-refractivity contribution in [2.45, 2.75) is 26.3 Å². The number of benzene rings is 2. The fourth-order valence-corrected chi connectivity index (χ4v) is 2.51. The van der Waals surface area contributed by atoms with Gasteiger partial charge in [-0.2, -0.15) is 4.98 Å². The molecule has 0 aliphatic carbocycles. The third-order valence-electron chi connectivity index (χ3n) is 3.59. The number of nitrogens with one attached hydrogen (secondary N) is 2. The molecule has 0 saturated heterocycles. The lowest BCUT2D eigenvalue weighted by molar-refractivity contribution is -0.274. The number of rotatable bonds is 6. The zero-order valence-electron chi connectivity index (χ0n) is 15.3. The van der Waals surface area contributed by atoms with E-state index in [1.807, 2.05) is 44.2 Å². The summed E-state index contributed by atoms with van der Waals surface area (Å²) in [6, 6.07) is 17.0. The Kier molecular flexibility index (Phi) is 5.67. The molecular formula is C20H19F3N4O. The molecule has 0 radical (unpaired) electrons. The number of nitrogens with zero attached hydrogens (tertiary/aromatic N) is 2. The molecule has 0 spiro atoms. The molecule has 0 aliphatic rings. The summed E-state index contributed by atoms with van der Waals surface area (Å²) in [5, 5.41) is 6.02. The summed E-state index contributed by atoms with van der Waals surface area (Å²) in [5.41, 5.74) is 1.64. The minimum Gasteiger partial charge on any atom is -0.404 e. The number of hydrogen-bond acceptors (Lipinski definition) is 5. The minimum atomic E-state index is -4.79. The second kappa shape index (κ2) is 8.16. The second-order valence-electron chi connectivity index (χ2n) is 6.30. The molecule has 0 atom stereocenters. The maximum absolute atomic E-state index is 12.7. The van der Waals surface area contributed by atoms with Gasteiger partial charge in [-0.1, -0.05) is 42.5 Å². The first kappa shape index (κ1) is 19.5. The quantitative estimate of drug-likeness (QED) is 0.575. The lowest BCUT2D eigenvalue weighted by Crippen LogP contribution is -2.18. The average Bonchev–Trinajstić information content (AvgIpc) is 2.62. The topological polar surface area (TPSA) is 59.1 Å². The predicted molar refractivity (Wildman–Crippen MR) is 103 cm³/mol. The van der Waals surface area contributed by atoms with Gasteiger partial charge in [0.15, 0.2) is 5.75 Å². The van der Waals surface area contributed by atoms with Gasteiger partial charge in [0.05, 0.1) is 11.4 Å². The number of halogens is 3. The number of alkyl halides is 3. The summed E-state index contributed by atoms with van der Waals surface area (Å²) in [6.45, 7) is 3.89. The molecule has 146 valence electrons. The summed E-state index contributed by atoms with van der Waals surface area (Å²) < 4.78 is 42.1. The van der Waals surface area contributed by atoms with E-state index in [-0.39, 0.29) is 17.5 Å². The van der Waals surface area contributed by atoms with Crippen LogP contribution in [0.3, 0.4) is 0 Å². The monoisotopic (exact) mass is 388 g/mol. The molecule has 0 bridgehead atoms. The van der Waals surface area contributed by atoms with E-state index in [1.54, 1.807) is 12.1 Å². The van der Waals surface area contributed by atoms with Crippen LogP contribution in [0, 0.1) is 0 Å². The molecular weight excluding hydrogens is 369 g/mol. The van der Waals surface area contributed by atoms with E-state index in [1.165, 1.54) is 18.2 Å². The molecule has 0 saturated carbocycles. The van der Waals surface area contributed by atoms with Gasteiger partial charge in [0.25, 0.3) is 0 Å². The molecule has 0 fully saturated rings. The molecule has 8 heteroatoms. The van der Waals surface area contributed by atoms with Crippen molar-refractivity contribution in [1.29, 1.82) is 0 Å². The summed E-state index contributed by atoms with van der Waals surface area (Å²) in [4.78, 5) is 8.86. The molecule has 1 aromatic heterocycles. The van der Waals surface area contributed by atoms with Gasteiger partial charge in [0, 0.05) is 17.7 Å². The maximum Gasteiger partial charge on any atom is 0.573 e. The lowest BCUT2D eigenvalue weighted by Gasteiger charge is -2.16. The molecule has 0 amide bonds. The van der Waals surface area contributed by atoms with Crippen LogP contribution in [-0.4, -0.2) is 22.4 Å². The van der Waals surface area contributed by atoms with Crippen LogP contribution in [0.1, 0.15) is 13.8 Å². The molecule has 0 aliphatic heterocycles. The summed E-state index contributed by atoms with van der Waals surface area (Å²) in [7, 11) is 0. The van der Waals surface area contributed by atoms with Crippen LogP contribution in [0.2, 0.25) is 0 Å². The van der Waals surface area contributed by atoms with Crippen LogP contribution < -0.4 is 15.4 Å². The van der Waals surface area contributed by atoms with Crippen molar-refractivity contribution >= 4 is 17.5 Å².